The summed E-state index contributed by atoms with van der Waals surface area (Å²) in [6, 6.07) is 8.03. The van der Waals surface area contributed by atoms with Crippen molar-refractivity contribution in [2.45, 2.75) is 38.6 Å². The van der Waals surface area contributed by atoms with Gasteiger partial charge in [-0.15, -0.1) is 12.4 Å². The fourth-order valence-electron chi connectivity index (χ4n) is 3.16. The van der Waals surface area contributed by atoms with Gasteiger partial charge in [-0.2, -0.15) is 5.10 Å². The van der Waals surface area contributed by atoms with E-state index in [1.807, 2.05) is 31.2 Å². The van der Waals surface area contributed by atoms with E-state index in [0.29, 0.717) is 12.3 Å². The third-order valence-electron chi connectivity index (χ3n) is 4.69. The average molecular weight is 364 g/mol. The van der Waals surface area contributed by atoms with E-state index in [4.69, 9.17) is 0 Å². The molecule has 1 aliphatic heterocycles. The van der Waals surface area contributed by atoms with Crippen molar-refractivity contribution in [3.05, 3.63) is 42.5 Å². The smallest absolute Gasteiger partial charge is 0.220 e. The zero-order valence-corrected chi connectivity index (χ0v) is 15.3. The summed E-state index contributed by atoms with van der Waals surface area (Å²) in [5, 5.41) is 10.6. The summed E-state index contributed by atoms with van der Waals surface area (Å²) in [6.45, 7) is 4.19. The minimum Gasteiger partial charge on any atom is -0.350 e. The molecule has 6 nitrogen and oxygen atoms in total. The lowest BCUT2D eigenvalue weighted by Crippen LogP contribution is -2.30. The molecule has 1 saturated heterocycles. The number of amides is 1. The highest BCUT2D eigenvalue weighted by atomic mass is 35.5. The Bertz CT molecular complexity index is 638. The second-order valence-corrected chi connectivity index (χ2v) is 6.45. The first-order valence-corrected chi connectivity index (χ1v) is 8.67. The van der Waals surface area contributed by atoms with Crippen molar-refractivity contribution in [2.75, 3.05) is 13.1 Å². The van der Waals surface area contributed by atoms with Crippen molar-refractivity contribution in [3.8, 4) is 5.69 Å². The van der Waals surface area contributed by atoms with E-state index in [1.54, 1.807) is 11.0 Å². The molecule has 1 amide bonds. The number of hydrogen-bond acceptors (Lipinski definition) is 4. The van der Waals surface area contributed by atoms with Gasteiger partial charge in [-0.3, -0.25) is 4.79 Å². The predicted molar refractivity (Wildman–Crippen MR) is 100.0 cm³/mol. The lowest BCUT2D eigenvalue weighted by atomic mass is 9.93. The molecule has 25 heavy (non-hydrogen) atoms. The van der Waals surface area contributed by atoms with Gasteiger partial charge < -0.3 is 10.6 Å². The van der Waals surface area contributed by atoms with Gasteiger partial charge in [0.2, 0.25) is 5.91 Å². The second-order valence-electron chi connectivity index (χ2n) is 6.45. The third kappa shape index (κ3) is 5.54. The van der Waals surface area contributed by atoms with Crippen molar-refractivity contribution in [1.29, 1.82) is 0 Å². The van der Waals surface area contributed by atoms with Crippen LogP contribution in [0.2, 0.25) is 0 Å². The predicted octanol–water partition coefficient (Wildman–Crippen LogP) is 2.65. The van der Waals surface area contributed by atoms with Gasteiger partial charge in [-0.1, -0.05) is 12.1 Å². The van der Waals surface area contributed by atoms with Gasteiger partial charge in [0.1, 0.15) is 12.7 Å². The normalized spacial score (nSPS) is 16.0. The number of nitrogens with one attached hydrogen (secondary N) is 2. The minimum absolute atomic E-state index is 0. The molecule has 1 aromatic heterocycles. The molecule has 1 aliphatic rings. The van der Waals surface area contributed by atoms with Crippen molar-refractivity contribution in [3.63, 3.8) is 0 Å². The molecular formula is C18H26ClN5O. The molecule has 0 bridgehead atoms. The Morgan fingerprint density at radius 2 is 2.04 bits per heavy atom. The number of benzene rings is 1. The number of halogens is 1. The topological polar surface area (TPSA) is 71.8 Å². The van der Waals surface area contributed by atoms with Crippen LogP contribution in [0.3, 0.4) is 0 Å². The van der Waals surface area contributed by atoms with Crippen LogP contribution in [0.1, 0.15) is 44.2 Å². The molecule has 1 aromatic carbocycles. The molecule has 2 N–H and O–H groups in total. The molecule has 7 heteroatoms. The first-order chi connectivity index (χ1) is 11.7. The highest BCUT2D eigenvalue weighted by Gasteiger charge is 2.15. The highest BCUT2D eigenvalue weighted by molar-refractivity contribution is 5.85. The molecule has 3 rings (SSSR count). The summed E-state index contributed by atoms with van der Waals surface area (Å²) >= 11 is 0. The first kappa shape index (κ1) is 19.4. The minimum atomic E-state index is 0. The Morgan fingerprint density at radius 3 is 2.68 bits per heavy atom. The standard InChI is InChI=1S/C18H25N5O.ClH/c1-14(22-18(24)7-2-15-8-10-19-11-9-15)16-3-5-17(6-4-16)23-13-20-12-21-23;/h3-6,12-15,19H,2,7-11H2,1H3,(H,22,24);1H. The van der Waals surface area contributed by atoms with Crippen LogP contribution < -0.4 is 10.6 Å². The van der Waals surface area contributed by atoms with Crippen LogP contribution in [0.5, 0.6) is 0 Å². The number of rotatable bonds is 6. The average Bonchev–Trinajstić information content (AvgIpc) is 3.16. The Morgan fingerprint density at radius 1 is 1.32 bits per heavy atom. The molecule has 0 aliphatic carbocycles. The number of nitrogens with zero attached hydrogens (tertiary/aromatic N) is 3. The third-order valence-corrected chi connectivity index (χ3v) is 4.69. The Hall–Kier alpha value is -1.92. The van der Waals surface area contributed by atoms with Crippen molar-refractivity contribution in [1.82, 2.24) is 25.4 Å². The van der Waals surface area contributed by atoms with Crippen molar-refractivity contribution < 1.29 is 4.79 Å². The fourth-order valence-corrected chi connectivity index (χ4v) is 3.16. The summed E-state index contributed by atoms with van der Waals surface area (Å²) < 4.78 is 1.71. The van der Waals surface area contributed by atoms with Gasteiger partial charge in [-0.25, -0.2) is 9.67 Å². The van der Waals surface area contributed by atoms with Crippen LogP contribution in [0.4, 0.5) is 0 Å². The van der Waals surface area contributed by atoms with Gasteiger partial charge in [0.15, 0.2) is 0 Å². The number of hydrogen-bond donors (Lipinski definition) is 2. The highest BCUT2D eigenvalue weighted by Crippen LogP contribution is 2.19. The van der Waals surface area contributed by atoms with Crippen molar-refractivity contribution >= 4 is 18.3 Å². The lowest BCUT2D eigenvalue weighted by Gasteiger charge is -2.22. The number of carbonyl (C=O) groups is 1. The molecule has 1 unspecified atom stereocenters. The summed E-state index contributed by atoms with van der Waals surface area (Å²) in [7, 11) is 0. The molecule has 136 valence electrons. The van der Waals surface area contributed by atoms with Gasteiger partial charge in [-0.05, 0) is 62.9 Å². The van der Waals surface area contributed by atoms with E-state index >= 15 is 0 Å². The van der Waals surface area contributed by atoms with Crippen molar-refractivity contribution in [2.24, 2.45) is 5.92 Å². The van der Waals surface area contributed by atoms with E-state index in [0.717, 1.165) is 30.8 Å². The van der Waals surface area contributed by atoms with Gasteiger partial charge in [0.25, 0.3) is 0 Å². The maximum atomic E-state index is 12.2. The molecule has 1 atom stereocenters. The van der Waals surface area contributed by atoms with E-state index in [2.05, 4.69) is 20.7 Å². The molecule has 2 heterocycles. The monoisotopic (exact) mass is 363 g/mol. The summed E-state index contributed by atoms with van der Waals surface area (Å²) in [6.07, 6.45) is 7.16. The summed E-state index contributed by atoms with van der Waals surface area (Å²) in [5.41, 5.74) is 2.05. The fraction of sp³-hybridized carbons (Fsp3) is 0.500. The zero-order chi connectivity index (χ0) is 16.8. The van der Waals surface area contributed by atoms with Crippen LogP contribution >= 0.6 is 12.4 Å². The van der Waals surface area contributed by atoms with E-state index in [-0.39, 0.29) is 24.4 Å². The van der Waals surface area contributed by atoms with E-state index < -0.39 is 0 Å². The lowest BCUT2D eigenvalue weighted by molar-refractivity contribution is -0.122. The van der Waals surface area contributed by atoms with Crippen LogP contribution in [0.15, 0.2) is 36.9 Å². The zero-order valence-electron chi connectivity index (χ0n) is 14.5. The number of aromatic nitrogens is 3. The summed E-state index contributed by atoms with van der Waals surface area (Å²) in [5.74, 6) is 0.829. The Kier molecular flexibility index (Phi) is 7.40. The van der Waals surface area contributed by atoms with Gasteiger partial charge >= 0.3 is 0 Å². The molecule has 2 aromatic rings. The molecule has 0 radical (unpaired) electrons. The number of carbonyl (C=O) groups excluding carboxylic acids is 1. The SMILES string of the molecule is CC(NC(=O)CCC1CCNCC1)c1ccc(-n2cncn2)cc1.Cl. The Labute approximate surface area is 154 Å². The van der Waals surface area contributed by atoms with Crippen LogP contribution in [-0.2, 0) is 4.79 Å². The Balaban J connectivity index is 0.00000225. The maximum absolute atomic E-state index is 12.2. The van der Waals surface area contributed by atoms with Crippen LogP contribution in [-0.4, -0.2) is 33.8 Å². The first-order valence-electron chi connectivity index (χ1n) is 8.67. The number of piperidine rings is 1. The largest absolute Gasteiger partial charge is 0.350 e. The molecule has 0 spiro atoms. The molecular weight excluding hydrogens is 338 g/mol. The second kappa shape index (κ2) is 9.53. The molecule has 0 saturated carbocycles. The maximum Gasteiger partial charge on any atom is 0.220 e. The van der Waals surface area contributed by atoms with Crippen LogP contribution in [0, 0.1) is 5.92 Å². The van der Waals surface area contributed by atoms with Gasteiger partial charge in [0, 0.05) is 6.42 Å². The van der Waals surface area contributed by atoms with Crippen LogP contribution in [0.25, 0.3) is 5.69 Å². The molecule has 1 fully saturated rings. The van der Waals surface area contributed by atoms with Gasteiger partial charge in [0.05, 0.1) is 11.7 Å². The summed E-state index contributed by atoms with van der Waals surface area (Å²) in [4.78, 5) is 16.1. The quantitative estimate of drug-likeness (QED) is 0.827. The van der Waals surface area contributed by atoms with E-state index in [9.17, 15) is 4.79 Å². The van der Waals surface area contributed by atoms with E-state index in [1.165, 1.54) is 19.2 Å².